The van der Waals surface area contributed by atoms with Crippen LogP contribution in [0, 0.1) is 0 Å². The molecule has 1 heterocycles. The lowest BCUT2D eigenvalue weighted by Crippen LogP contribution is -2.47. The van der Waals surface area contributed by atoms with Crippen LogP contribution in [-0.4, -0.2) is 24.5 Å². The highest BCUT2D eigenvalue weighted by atomic mass is 16.1. The maximum absolute atomic E-state index is 11.4. The fraction of sp³-hybridized carbons (Fsp3) is 0.917. The van der Waals surface area contributed by atoms with Gasteiger partial charge in [0, 0.05) is 25.0 Å². The first-order chi connectivity index (χ1) is 7.22. The highest BCUT2D eigenvalue weighted by Gasteiger charge is 2.17. The smallest absolute Gasteiger partial charge is 0.220 e. The van der Waals surface area contributed by atoms with Gasteiger partial charge >= 0.3 is 0 Å². The van der Waals surface area contributed by atoms with Gasteiger partial charge in [0.25, 0.3) is 0 Å². The highest BCUT2D eigenvalue weighted by Crippen LogP contribution is 2.11. The summed E-state index contributed by atoms with van der Waals surface area (Å²) >= 11 is 0. The summed E-state index contributed by atoms with van der Waals surface area (Å²) < 4.78 is 0. The number of amides is 1. The summed E-state index contributed by atoms with van der Waals surface area (Å²) in [5, 5.41) is 6.52. The number of carbonyl (C=O) groups excluding carboxylic acids is 1. The van der Waals surface area contributed by atoms with Crippen molar-refractivity contribution in [3.63, 3.8) is 0 Å². The van der Waals surface area contributed by atoms with E-state index in [4.69, 9.17) is 0 Å². The van der Waals surface area contributed by atoms with Gasteiger partial charge in [0.1, 0.15) is 0 Å². The van der Waals surface area contributed by atoms with Crippen molar-refractivity contribution in [2.45, 2.75) is 64.5 Å². The fourth-order valence-electron chi connectivity index (χ4n) is 2.06. The van der Waals surface area contributed by atoms with Gasteiger partial charge in [0.2, 0.25) is 5.91 Å². The van der Waals surface area contributed by atoms with Crippen LogP contribution in [0.5, 0.6) is 0 Å². The van der Waals surface area contributed by atoms with E-state index in [9.17, 15) is 4.79 Å². The lowest BCUT2D eigenvalue weighted by molar-refractivity contribution is -0.121. The first kappa shape index (κ1) is 12.5. The molecule has 1 aliphatic rings. The second kappa shape index (κ2) is 6.83. The average Bonchev–Trinajstić information content (AvgIpc) is 2.23. The van der Waals surface area contributed by atoms with Crippen LogP contribution < -0.4 is 10.6 Å². The lowest BCUT2D eigenvalue weighted by atomic mass is 9.99. The molecule has 1 rings (SSSR count). The quantitative estimate of drug-likeness (QED) is 0.730. The van der Waals surface area contributed by atoms with Crippen LogP contribution in [0.25, 0.3) is 0 Å². The summed E-state index contributed by atoms with van der Waals surface area (Å²) in [6.07, 6.45) is 6.51. The van der Waals surface area contributed by atoms with Gasteiger partial charge < -0.3 is 10.6 Å². The Balaban J connectivity index is 2.10. The maximum atomic E-state index is 11.4. The van der Waals surface area contributed by atoms with E-state index in [2.05, 4.69) is 24.5 Å². The molecule has 0 spiro atoms. The molecule has 0 saturated carbocycles. The van der Waals surface area contributed by atoms with E-state index in [-0.39, 0.29) is 5.91 Å². The topological polar surface area (TPSA) is 41.1 Å². The molecule has 1 fully saturated rings. The van der Waals surface area contributed by atoms with Gasteiger partial charge in [-0.15, -0.1) is 0 Å². The summed E-state index contributed by atoms with van der Waals surface area (Å²) in [6.45, 7) is 5.12. The van der Waals surface area contributed by atoms with Crippen molar-refractivity contribution in [2.75, 3.05) is 6.54 Å². The molecular formula is C12H24N2O. The Kier molecular flexibility index (Phi) is 5.69. The van der Waals surface area contributed by atoms with Crippen molar-refractivity contribution >= 4 is 5.91 Å². The highest BCUT2D eigenvalue weighted by molar-refractivity contribution is 5.75. The number of hydrogen-bond donors (Lipinski definition) is 2. The summed E-state index contributed by atoms with van der Waals surface area (Å²) in [4.78, 5) is 11.4. The molecule has 15 heavy (non-hydrogen) atoms. The van der Waals surface area contributed by atoms with Crippen LogP contribution in [0.4, 0.5) is 0 Å². The maximum Gasteiger partial charge on any atom is 0.220 e. The standard InChI is InChI=1S/C12H24N2O/c1-3-4-8-12(15)13-9-11-7-5-6-10(2)14-11/h10-11,14H,3-9H2,1-2H3,(H,13,15). The predicted octanol–water partition coefficient (Wildman–Crippen LogP) is 1.82. The summed E-state index contributed by atoms with van der Waals surface area (Å²) in [7, 11) is 0. The monoisotopic (exact) mass is 212 g/mol. The van der Waals surface area contributed by atoms with Gasteiger partial charge in [-0.3, -0.25) is 4.79 Å². The second-order valence-corrected chi connectivity index (χ2v) is 4.60. The molecule has 2 atom stereocenters. The van der Waals surface area contributed by atoms with Crippen LogP contribution in [0.2, 0.25) is 0 Å². The van der Waals surface area contributed by atoms with Crippen LogP contribution in [0.1, 0.15) is 52.4 Å². The van der Waals surface area contributed by atoms with Crippen LogP contribution in [0.3, 0.4) is 0 Å². The molecule has 0 aromatic carbocycles. The van der Waals surface area contributed by atoms with Gasteiger partial charge in [-0.1, -0.05) is 19.8 Å². The molecule has 1 amide bonds. The van der Waals surface area contributed by atoms with Gasteiger partial charge in [-0.25, -0.2) is 0 Å². The largest absolute Gasteiger partial charge is 0.355 e. The zero-order valence-electron chi connectivity index (χ0n) is 10.0. The van der Waals surface area contributed by atoms with E-state index in [1.54, 1.807) is 0 Å². The van der Waals surface area contributed by atoms with Gasteiger partial charge in [-0.2, -0.15) is 0 Å². The van der Waals surface area contributed by atoms with E-state index in [0.29, 0.717) is 18.5 Å². The van der Waals surface area contributed by atoms with Crippen molar-refractivity contribution in [3.8, 4) is 0 Å². The number of carbonyl (C=O) groups is 1. The SMILES string of the molecule is CCCCC(=O)NCC1CCCC(C)N1. The molecule has 3 nitrogen and oxygen atoms in total. The summed E-state index contributed by atoms with van der Waals surface area (Å²) in [5.41, 5.74) is 0. The Labute approximate surface area is 93.0 Å². The molecule has 88 valence electrons. The van der Waals surface area contributed by atoms with Crippen LogP contribution >= 0.6 is 0 Å². The van der Waals surface area contributed by atoms with E-state index in [1.165, 1.54) is 19.3 Å². The summed E-state index contributed by atoms with van der Waals surface area (Å²) in [5.74, 6) is 0.205. The molecule has 2 unspecified atom stereocenters. The molecule has 0 radical (unpaired) electrons. The molecule has 0 bridgehead atoms. The minimum Gasteiger partial charge on any atom is -0.355 e. The Morgan fingerprint density at radius 3 is 2.93 bits per heavy atom. The number of rotatable bonds is 5. The van der Waals surface area contributed by atoms with Crippen molar-refractivity contribution in [3.05, 3.63) is 0 Å². The Hall–Kier alpha value is -0.570. The fourth-order valence-corrected chi connectivity index (χ4v) is 2.06. The number of hydrogen-bond acceptors (Lipinski definition) is 2. The predicted molar refractivity (Wildman–Crippen MR) is 62.8 cm³/mol. The van der Waals surface area contributed by atoms with Crippen molar-refractivity contribution in [1.82, 2.24) is 10.6 Å². The minimum absolute atomic E-state index is 0.205. The zero-order valence-corrected chi connectivity index (χ0v) is 10.0. The van der Waals surface area contributed by atoms with Crippen LogP contribution in [0.15, 0.2) is 0 Å². The third kappa shape index (κ3) is 5.17. The van der Waals surface area contributed by atoms with Gasteiger partial charge in [0.15, 0.2) is 0 Å². The van der Waals surface area contributed by atoms with Crippen LogP contribution in [-0.2, 0) is 4.79 Å². The van der Waals surface area contributed by atoms with Crippen molar-refractivity contribution < 1.29 is 4.79 Å². The minimum atomic E-state index is 0.205. The molecule has 3 heteroatoms. The molecule has 1 aliphatic heterocycles. The molecule has 0 aromatic heterocycles. The second-order valence-electron chi connectivity index (χ2n) is 4.60. The molecule has 0 aromatic rings. The Morgan fingerprint density at radius 2 is 2.27 bits per heavy atom. The van der Waals surface area contributed by atoms with Crippen molar-refractivity contribution in [1.29, 1.82) is 0 Å². The number of unbranched alkanes of at least 4 members (excludes halogenated alkanes) is 1. The Morgan fingerprint density at radius 1 is 1.47 bits per heavy atom. The lowest BCUT2D eigenvalue weighted by Gasteiger charge is -2.28. The van der Waals surface area contributed by atoms with E-state index < -0.39 is 0 Å². The van der Waals surface area contributed by atoms with Crippen molar-refractivity contribution in [2.24, 2.45) is 0 Å². The average molecular weight is 212 g/mol. The number of nitrogens with one attached hydrogen (secondary N) is 2. The molecule has 2 N–H and O–H groups in total. The summed E-state index contributed by atoms with van der Waals surface area (Å²) in [6, 6.07) is 1.09. The first-order valence-corrected chi connectivity index (χ1v) is 6.25. The van der Waals surface area contributed by atoms with Gasteiger partial charge in [0.05, 0.1) is 0 Å². The zero-order chi connectivity index (χ0) is 11.1. The third-order valence-corrected chi connectivity index (χ3v) is 3.01. The molecule has 1 saturated heterocycles. The third-order valence-electron chi connectivity index (χ3n) is 3.01. The van der Waals surface area contributed by atoms with E-state index >= 15 is 0 Å². The molecular weight excluding hydrogens is 188 g/mol. The Bertz CT molecular complexity index is 194. The van der Waals surface area contributed by atoms with Gasteiger partial charge in [-0.05, 0) is 26.2 Å². The number of piperidine rings is 1. The molecule has 0 aliphatic carbocycles. The van der Waals surface area contributed by atoms with E-state index in [1.807, 2.05) is 0 Å². The normalized spacial score (nSPS) is 26.3. The first-order valence-electron chi connectivity index (χ1n) is 6.25. The van der Waals surface area contributed by atoms with E-state index in [0.717, 1.165) is 19.4 Å².